The quantitative estimate of drug-likeness (QED) is 0.830. The van der Waals surface area contributed by atoms with Crippen LogP contribution in [-0.2, 0) is 4.79 Å². The number of rotatable bonds is 4. The Labute approximate surface area is 118 Å². The fourth-order valence-electron chi connectivity index (χ4n) is 2.76. The Morgan fingerprint density at radius 1 is 1.28 bits per heavy atom. The van der Waals surface area contributed by atoms with Crippen LogP contribution in [0.25, 0.3) is 0 Å². The van der Waals surface area contributed by atoms with Crippen LogP contribution in [0.3, 0.4) is 0 Å². The summed E-state index contributed by atoms with van der Waals surface area (Å²) in [5, 5.41) is 3.19. The van der Waals surface area contributed by atoms with Crippen LogP contribution in [0.15, 0.2) is 0 Å². The molecule has 1 aliphatic carbocycles. The van der Waals surface area contributed by atoms with Crippen molar-refractivity contribution in [2.24, 2.45) is 17.1 Å². The van der Waals surface area contributed by atoms with E-state index < -0.39 is 0 Å². The van der Waals surface area contributed by atoms with Crippen molar-refractivity contribution in [2.45, 2.75) is 71.9 Å². The van der Waals surface area contributed by atoms with Gasteiger partial charge in [0.15, 0.2) is 0 Å². The van der Waals surface area contributed by atoms with Gasteiger partial charge >= 0.3 is 0 Å². The van der Waals surface area contributed by atoms with Crippen LogP contribution in [0, 0.1) is 11.3 Å². The average molecular weight is 277 g/mol. The van der Waals surface area contributed by atoms with Crippen molar-refractivity contribution < 1.29 is 4.79 Å². The first-order valence-corrected chi connectivity index (χ1v) is 6.88. The second-order valence-electron chi connectivity index (χ2n) is 6.57. The van der Waals surface area contributed by atoms with Crippen molar-refractivity contribution in [3.05, 3.63) is 0 Å². The predicted molar refractivity (Wildman–Crippen MR) is 78.9 cm³/mol. The lowest BCUT2D eigenvalue weighted by atomic mass is 9.82. The van der Waals surface area contributed by atoms with Gasteiger partial charge in [-0.05, 0) is 38.0 Å². The van der Waals surface area contributed by atoms with E-state index in [4.69, 9.17) is 5.73 Å². The molecule has 4 heteroatoms. The number of amides is 1. The number of nitrogens with one attached hydrogen (secondary N) is 1. The minimum atomic E-state index is -0.256. The minimum absolute atomic E-state index is 0. The molecule has 0 aromatic rings. The smallest absolute Gasteiger partial charge is 0.225 e. The molecule has 1 amide bonds. The van der Waals surface area contributed by atoms with Gasteiger partial charge in [-0.1, -0.05) is 27.7 Å². The molecule has 0 bridgehead atoms. The second-order valence-corrected chi connectivity index (χ2v) is 6.57. The van der Waals surface area contributed by atoms with Gasteiger partial charge in [-0.15, -0.1) is 12.4 Å². The first-order valence-electron chi connectivity index (χ1n) is 6.88. The third-order valence-electron chi connectivity index (χ3n) is 3.64. The van der Waals surface area contributed by atoms with Gasteiger partial charge < -0.3 is 11.1 Å². The van der Waals surface area contributed by atoms with E-state index >= 15 is 0 Å². The van der Waals surface area contributed by atoms with Gasteiger partial charge in [0.2, 0.25) is 5.91 Å². The third kappa shape index (κ3) is 5.57. The maximum atomic E-state index is 12.2. The van der Waals surface area contributed by atoms with Crippen LogP contribution in [0.1, 0.15) is 59.8 Å². The van der Waals surface area contributed by atoms with E-state index in [0.717, 1.165) is 32.1 Å². The molecule has 3 N–H and O–H groups in total. The minimum Gasteiger partial charge on any atom is -0.353 e. The molecule has 1 rings (SSSR count). The monoisotopic (exact) mass is 276 g/mol. The molecule has 0 atom stereocenters. The fourth-order valence-corrected chi connectivity index (χ4v) is 2.76. The largest absolute Gasteiger partial charge is 0.353 e. The highest BCUT2D eigenvalue weighted by Crippen LogP contribution is 2.26. The van der Waals surface area contributed by atoms with E-state index in [1.807, 2.05) is 13.8 Å². The molecule has 0 aromatic heterocycles. The lowest BCUT2D eigenvalue weighted by Crippen LogP contribution is -2.46. The molecule has 1 aliphatic rings. The number of halogens is 1. The third-order valence-corrected chi connectivity index (χ3v) is 3.64. The number of hydrogen-bond donors (Lipinski definition) is 2. The van der Waals surface area contributed by atoms with Crippen LogP contribution in [0.2, 0.25) is 0 Å². The highest BCUT2D eigenvalue weighted by atomic mass is 35.5. The molecule has 0 aromatic carbocycles. The molecule has 0 radical (unpaired) electrons. The summed E-state index contributed by atoms with van der Waals surface area (Å²) >= 11 is 0. The summed E-state index contributed by atoms with van der Waals surface area (Å²) in [7, 11) is 0. The summed E-state index contributed by atoms with van der Waals surface area (Å²) in [5.41, 5.74) is 5.61. The van der Waals surface area contributed by atoms with Crippen molar-refractivity contribution >= 4 is 18.3 Å². The molecule has 1 saturated carbocycles. The van der Waals surface area contributed by atoms with Gasteiger partial charge in [0.1, 0.15) is 0 Å². The number of carbonyl (C=O) groups is 1. The van der Waals surface area contributed by atoms with Gasteiger partial charge in [0, 0.05) is 17.5 Å². The van der Waals surface area contributed by atoms with Crippen LogP contribution in [0.4, 0.5) is 0 Å². The van der Waals surface area contributed by atoms with E-state index in [-0.39, 0.29) is 23.7 Å². The van der Waals surface area contributed by atoms with Gasteiger partial charge in [0.25, 0.3) is 0 Å². The van der Waals surface area contributed by atoms with Crippen LogP contribution in [-0.4, -0.2) is 18.0 Å². The van der Waals surface area contributed by atoms with E-state index in [9.17, 15) is 4.79 Å². The van der Waals surface area contributed by atoms with Crippen LogP contribution < -0.4 is 11.1 Å². The van der Waals surface area contributed by atoms with Crippen LogP contribution in [0.5, 0.6) is 0 Å². The zero-order valence-electron chi connectivity index (χ0n) is 12.2. The van der Waals surface area contributed by atoms with Gasteiger partial charge in [-0.25, -0.2) is 0 Å². The first-order chi connectivity index (χ1) is 7.81. The van der Waals surface area contributed by atoms with E-state index in [1.54, 1.807) is 0 Å². The molecule has 1 fully saturated rings. The molecule has 108 valence electrons. The molecule has 18 heavy (non-hydrogen) atoms. The second kappa shape index (κ2) is 7.34. The van der Waals surface area contributed by atoms with E-state index in [2.05, 4.69) is 19.2 Å². The lowest BCUT2D eigenvalue weighted by molar-refractivity contribution is -0.131. The van der Waals surface area contributed by atoms with Gasteiger partial charge in [-0.3, -0.25) is 4.79 Å². The number of hydrogen-bond acceptors (Lipinski definition) is 2. The Bertz CT molecular complexity index is 259. The lowest BCUT2D eigenvalue weighted by Gasteiger charge is -2.31. The first kappa shape index (κ1) is 17.7. The Kier molecular flexibility index (Phi) is 7.23. The van der Waals surface area contributed by atoms with Crippen molar-refractivity contribution in [1.82, 2.24) is 5.32 Å². The normalized spacial score (nSPS) is 24.6. The summed E-state index contributed by atoms with van der Waals surface area (Å²) in [6.45, 7) is 8.40. The number of carbonyl (C=O) groups excluding carboxylic acids is 1. The molecule has 0 unspecified atom stereocenters. The average Bonchev–Trinajstić information content (AvgIpc) is 2.19. The highest BCUT2D eigenvalue weighted by molar-refractivity contribution is 5.85. The maximum Gasteiger partial charge on any atom is 0.225 e. The Hall–Kier alpha value is -0.280. The SMILES string of the molecule is CC(C)CC(C)(C)C(=O)NC1CCC(N)CC1.Cl. The molecule has 0 spiro atoms. The highest BCUT2D eigenvalue weighted by Gasteiger charge is 2.30. The standard InChI is InChI=1S/C14H28N2O.ClH/c1-10(2)9-14(3,4)13(17)16-12-7-5-11(15)6-8-12;/h10-12H,5-9,15H2,1-4H3,(H,16,17);1H. The van der Waals surface area contributed by atoms with E-state index in [1.165, 1.54) is 0 Å². The molecule has 0 aliphatic heterocycles. The Balaban J connectivity index is 0.00000289. The molecule has 0 heterocycles. The Morgan fingerprint density at radius 2 is 1.78 bits per heavy atom. The van der Waals surface area contributed by atoms with Crippen molar-refractivity contribution in [2.75, 3.05) is 0 Å². The fraction of sp³-hybridized carbons (Fsp3) is 0.929. The Morgan fingerprint density at radius 3 is 2.22 bits per heavy atom. The van der Waals surface area contributed by atoms with Crippen molar-refractivity contribution in [1.29, 1.82) is 0 Å². The molecular weight excluding hydrogens is 248 g/mol. The van der Waals surface area contributed by atoms with Gasteiger partial charge in [-0.2, -0.15) is 0 Å². The summed E-state index contributed by atoms with van der Waals surface area (Å²) in [6, 6.07) is 0.681. The van der Waals surface area contributed by atoms with Gasteiger partial charge in [0.05, 0.1) is 0 Å². The molecule has 3 nitrogen and oxygen atoms in total. The van der Waals surface area contributed by atoms with Crippen molar-refractivity contribution in [3.8, 4) is 0 Å². The number of nitrogens with two attached hydrogens (primary N) is 1. The summed E-state index contributed by atoms with van der Waals surface area (Å²) in [5.74, 6) is 0.752. The topological polar surface area (TPSA) is 55.1 Å². The van der Waals surface area contributed by atoms with Crippen molar-refractivity contribution in [3.63, 3.8) is 0 Å². The zero-order valence-corrected chi connectivity index (χ0v) is 13.0. The summed E-state index contributed by atoms with van der Waals surface area (Å²) in [4.78, 5) is 12.2. The van der Waals surface area contributed by atoms with Crippen LogP contribution >= 0.6 is 12.4 Å². The predicted octanol–water partition coefficient (Wildman–Crippen LogP) is 2.87. The molecule has 0 saturated heterocycles. The molecular formula is C14H29ClN2O. The zero-order chi connectivity index (χ0) is 13.1. The van der Waals surface area contributed by atoms with E-state index in [0.29, 0.717) is 18.0 Å². The summed E-state index contributed by atoms with van der Waals surface area (Å²) in [6.07, 6.45) is 5.07. The summed E-state index contributed by atoms with van der Waals surface area (Å²) < 4.78 is 0. The maximum absolute atomic E-state index is 12.2.